The quantitative estimate of drug-likeness (QED) is 0.742. The highest BCUT2D eigenvalue weighted by molar-refractivity contribution is 5.29. The molecule has 1 aromatic carbocycles. The van der Waals surface area contributed by atoms with Crippen LogP contribution in [-0.2, 0) is 4.74 Å². The van der Waals surface area contributed by atoms with E-state index >= 15 is 0 Å². The lowest BCUT2D eigenvalue weighted by Crippen LogP contribution is -1.94. The van der Waals surface area contributed by atoms with Crippen molar-refractivity contribution < 1.29 is 9.84 Å². The van der Waals surface area contributed by atoms with Crippen LogP contribution in [0.3, 0.4) is 0 Å². The zero-order valence-corrected chi connectivity index (χ0v) is 7.84. The molecule has 72 valence electrons. The summed E-state index contributed by atoms with van der Waals surface area (Å²) in [7, 11) is 1.35. The molecular weight excluding hydrogens is 178 g/mol. The predicted molar refractivity (Wildman–Crippen MR) is 52.5 cm³/mol. The van der Waals surface area contributed by atoms with Crippen LogP contribution in [0.4, 0.5) is 0 Å². The van der Waals surface area contributed by atoms with Gasteiger partial charge in [0.1, 0.15) is 0 Å². The zero-order valence-electron chi connectivity index (χ0n) is 7.84. The number of methoxy groups -OCH3 is 1. The Balaban J connectivity index is 2.90. The number of allylic oxidation sites excluding steroid dienone is 1. The lowest BCUT2D eigenvalue weighted by Gasteiger charge is -2.04. The first kappa shape index (κ1) is 10.1. The molecule has 1 atom stereocenters. The molecule has 0 saturated carbocycles. The van der Waals surface area contributed by atoms with Crippen molar-refractivity contribution in [2.45, 2.75) is 5.92 Å². The molecule has 0 radical (unpaired) electrons. The summed E-state index contributed by atoms with van der Waals surface area (Å²) < 4.78 is 4.57. The van der Waals surface area contributed by atoms with Gasteiger partial charge in [-0.3, -0.25) is 0 Å². The van der Waals surface area contributed by atoms with E-state index in [2.05, 4.69) is 10.8 Å². The average molecular weight is 189 g/mol. The monoisotopic (exact) mass is 189 g/mol. The normalized spacial score (nSPS) is 13.0. The minimum atomic E-state index is -0.476. The molecule has 0 aliphatic rings. The minimum Gasteiger partial charge on any atom is -0.481 e. The van der Waals surface area contributed by atoms with E-state index in [0.717, 1.165) is 5.56 Å². The van der Waals surface area contributed by atoms with Crippen LogP contribution in [0.5, 0.6) is 0 Å². The molecule has 0 fully saturated rings. The second kappa shape index (κ2) is 4.93. The molecule has 1 rings (SSSR count). The Morgan fingerprint density at radius 1 is 1.50 bits per heavy atom. The van der Waals surface area contributed by atoms with Crippen LogP contribution in [-0.4, -0.2) is 12.2 Å². The number of benzene rings is 1. The van der Waals surface area contributed by atoms with Crippen LogP contribution in [0.15, 0.2) is 42.4 Å². The van der Waals surface area contributed by atoms with Gasteiger partial charge in [0.15, 0.2) is 0 Å². The third kappa shape index (κ3) is 2.53. The second-order valence-corrected chi connectivity index (χ2v) is 2.73. The lowest BCUT2D eigenvalue weighted by molar-refractivity contribution is 0.134. The zero-order chi connectivity index (χ0) is 10.4. The summed E-state index contributed by atoms with van der Waals surface area (Å²) in [4.78, 5) is 0. The van der Waals surface area contributed by atoms with Gasteiger partial charge < -0.3 is 9.84 Å². The number of aliphatic hydroxyl groups is 1. The maximum Gasteiger partial charge on any atom is 0.273 e. The topological polar surface area (TPSA) is 53.2 Å². The standard InChI is InChI=1S/C11H11NO2/c1-14-11(13)7-10(8-12)9-5-3-2-4-6-9/h2-7,10,13H,1H3/b11-7+. The third-order valence-corrected chi connectivity index (χ3v) is 1.82. The summed E-state index contributed by atoms with van der Waals surface area (Å²) in [6.07, 6.45) is 1.37. The Morgan fingerprint density at radius 3 is 2.64 bits per heavy atom. The van der Waals surface area contributed by atoms with Gasteiger partial charge in [-0.15, -0.1) is 0 Å². The van der Waals surface area contributed by atoms with E-state index in [-0.39, 0.29) is 5.95 Å². The summed E-state index contributed by atoms with van der Waals surface area (Å²) in [5, 5.41) is 18.0. The van der Waals surface area contributed by atoms with Crippen molar-refractivity contribution >= 4 is 0 Å². The molecule has 1 aromatic rings. The average Bonchev–Trinajstić information content (AvgIpc) is 2.26. The number of hydrogen-bond donors (Lipinski definition) is 1. The van der Waals surface area contributed by atoms with Crippen LogP contribution in [0.25, 0.3) is 0 Å². The molecule has 3 heteroatoms. The van der Waals surface area contributed by atoms with Crippen molar-refractivity contribution in [3.05, 3.63) is 47.9 Å². The van der Waals surface area contributed by atoms with Gasteiger partial charge in [-0.05, 0) is 5.56 Å². The smallest absolute Gasteiger partial charge is 0.273 e. The second-order valence-electron chi connectivity index (χ2n) is 2.73. The Kier molecular flexibility index (Phi) is 3.57. The molecule has 0 aromatic heterocycles. The fourth-order valence-electron chi connectivity index (χ4n) is 1.08. The molecule has 0 bridgehead atoms. The van der Waals surface area contributed by atoms with Crippen molar-refractivity contribution in [2.75, 3.05) is 7.11 Å². The highest BCUT2D eigenvalue weighted by Crippen LogP contribution is 2.17. The number of rotatable bonds is 3. The molecule has 0 heterocycles. The summed E-state index contributed by atoms with van der Waals surface area (Å²) in [5.74, 6) is -0.712. The highest BCUT2D eigenvalue weighted by Gasteiger charge is 2.08. The third-order valence-electron chi connectivity index (χ3n) is 1.82. The van der Waals surface area contributed by atoms with Gasteiger partial charge in [0.2, 0.25) is 0 Å². The predicted octanol–water partition coefficient (Wildman–Crippen LogP) is 2.34. The molecule has 0 aliphatic carbocycles. The molecule has 0 spiro atoms. The van der Waals surface area contributed by atoms with Crippen molar-refractivity contribution in [3.8, 4) is 6.07 Å². The Hall–Kier alpha value is -1.95. The van der Waals surface area contributed by atoms with Gasteiger partial charge in [0.25, 0.3) is 5.95 Å². The highest BCUT2D eigenvalue weighted by atomic mass is 16.6. The number of hydrogen-bond acceptors (Lipinski definition) is 3. The largest absolute Gasteiger partial charge is 0.481 e. The van der Waals surface area contributed by atoms with E-state index in [0.29, 0.717) is 0 Å². The Labute approximate surface area is 82.9 Å². The van der Waals surface area contributed by atoms with Gasteiger partial charge in [0.05, 0.1) is 19.1 Å². The molecule has 0 amide bonds. The van der Waals surface area contributed by atoms with Gasteiger partial charge in [-0.2, -0.15) is 5.26 Å². The van der Waals surface area contributed by atoms with E-state index in [4.69, 9.17) is 10.4 Å². The van der Waals surface area contributed by atoms with Crippen LogP contribution in [0.2, 0.25) is 0 Å². The van der Waals surface area contributed by atoms with Crippen LogP contribution < -0.4 is 0 Å². The fourth-order valence-corrected chi connectivity index (χ4v) is 1.08. The SMILES string of the molecule is CO/C(O)=C/C(C#N)c1ccccc1. The van der Waals surface area contributed by atoms with E-state index in [1.807, 2.05) is 30.3 Å². The molecular formula is C11H11NO2. The molecule has 0 aliphatic heterocycles. The Morgan fingerprint density at radius 2 is 2.14 bits per heavy atom. The molecule has 0 saturated heterocycles. The number of aliphatic hydroxyl groups excluding tert-OH is 1. The number of ether oxygens (including phenoxy) is 1. The Bertz CT molecular complexity index is 351. The molecule has 1 N–H and O–H groups in total. The minimum absolute atomic E-state index is 0.236. The van der Waals surface area contributed by atoms with Gasteiger partial charge in [-0.1, -0.05) is 30.3 Å². The van der Waals surface area contributed by atoms with E-state index < -0.39 is 5.92 Å². The summed E-state index contributed by atoms with van der Waals surface area (Å²) in [6, 6.07) is 11.3. The maximum absolute atomic E-state index is 9.11. The van der Waals surface area contributed by atoms with Crippen LogP contribution in [0.1, 0.15) is 11.5 Å². The number of nitriles is 1. The van der Waals surface area contributed by atoms with Crippen molar-refractivity contribution in [2.24, 2.45) is 0 Å². The van der Waals surface area contributed by atoms with Crippen molar-refractivity contribution in [1.82, 2.24) is 0 Å². The van der Waals surface area contributed by atoms with Gasteiger partial charge >= 0.3 is 0 Å². The van der Waals surface area contributed by atoms with E-state index in [1.165, 1.54) is 13.2 Å². The molecule has 14 heavy (non-hydrogen) atoms. The first-order chi connectivity index (χ1) is 6.77. The van der Waals surface area contributed by atoms with Gasteiger partial charge in [0, 0.05) is 6.08 Å². The van der Waals surface area contributed by atoms with Crippen LogP contribution >= 0.6 is 0 Å². The summed E-state index contributed by atoms with van der Waals surface area (Å²) in [5.41, 5.74) is 0.832. The maximum atomic E-state index is 9.11. The van der Waals surface area contributed by atoms with E-state index in [1.54, 1.807) is 0 Å². The summed E-state index contributed by atoms with van der Waals surface area (Å²) >= 11 is 0. The van der Waals surface area contributed by atoms with Gasteiger partial charge in [-0.25, -0.2) is 0 Å². The van der Waals surface area contributed by atoms with Crippen molar-refractivity contribution in [1.29, 1.82) is 5.26 Å². The first-order valence-electron chi connectivity index (χ1n) is 4.17. The lowest BCUT2D eigenvalue weighted by atomic mass is 10.0. The fraction of sp³-hybridized carbons (Fsp3) is 0.182. The summed E-state index contributed by atoms with van der Waals surface area (Å²) in [6.45, 7) is 0. The number of nitrogens with zero attached hydrogens (tertiary/aromatic N) is 1. The van der Waals surface area contributed by atoms with E-state index in [9.17, 15) is 0 Å². The van der Waals surface area contributed by atoms with Crippen LogP contribution in [0, 0.1) is 11.3 Å². The molecule has 1 unspecified atom stereocenters. The molecule has 3 nitrogen and oxygen atoms in total. The van der Waals surface area contributed by atoms with Crippen molar-refractivity contribution in [3.63, 3.8) is 0 Å². The first-order valence-corrected chi connectivity index (χ1v) is 4.17.